The van der Waals surface area contributed by atoms with Crippen LogP contribution in [0.4, 0.5) is 0 Å². The number of hydrogen-bond acceptors (Lipinski definition) is 4. The molecule has 2 aromatic rings. The number of nitrogens with zero attached hydrogens (tertiary/aromatic N) is 2. The van der Waals surface area contributed by atoms with Crippen LogP contribution < -0.4 is 5.32 Å². The summed E-state index contributed by atoms with van der Waals surface area (Å²) in [6.45, 7) is 0.221. The average molecular weight is 351 g/mol. The molecule has 3 rings (SSSR count). The van der Waals surface area contributed by atoms with Crippen molar-refractivity contribution in [2.45, 2.75) is 57.5 Å². The van der Waals surface area contributed by atoms with Gasteiger partial charge in [-0.1, -0.05) is 38.2 Å². The Kier molecular flexibility index (Phi) is 5.61. The van der Waals surface area contributed by atoms with E-state index in [4.69, 9.17) is 12.2 Å². The van der Waals surface area contributed by atoms with E-state index in [-0.39, 0.29) is 12.5 Å². The Morgan fingerprint density at radius 2 is 2.09 bits per heavy atom. The van der Waals surface area contributed by atoms with Gasteiger partial charge in [0.05, 0.1) is 4.88 Å². The maximum atomic E-state index is 12.4. The van der Waals surface area contributed by atoms with Crippen LogP contribution in [0.25, 0.3) is 10.7 Å². The second-order valence-corrected chi connectivity index (χ2v) is 7.36. The van der Waals surface area contributed by atoms with E-state index in [1.165, 1.54) is 32.1 Å². The molecular weight excluding hydrogens is 328 g/mol. The first-order valence-corrected chi connectivity index (χ1v) is 9.51. The molecule has 0 unspecified atom stereocenters. The Morgan fingerprint density at radius 3 is 2.78 bits per heavy atom. The van der Waals surface area contributed by atoms with E-state index in [0.29, 0.717) is 10.8 Å². The summed E-state index contributed by atoms with van der Waals surface area (Å²) < 4.78 is 2.26. The molecule has 1 saturated carbocycles. The van der Waals surface area contributed by atoms with E-state index in [1.807, 2.05) is 17.5 Å². The molecule has 2 aromatic heterocycles. The Bertz CT molecular complexity index is 681. The minimum Gasteiger partial charge on any atom is -0.352 e. The molecule has 1 amide bonds. The zero-order valence-electron chi connectivity index (χ0n) is 13.1. The fourth-order valence-electron chi connectivity index (χ4n) is 3.08. The van der Waals surface area contributed by atoms with E-state index in [9.17, 15) is 4.79 Å². The van der Waals surface area contributed by atoms with Crippen LogP contribution in [0.1, 0.15) is 44.9 Å². The van der Waals surface area contributed by atoms with Crippen molar-refractivity contribution in [2.75, 3.05) is 0 Å². The van der Waals surface area contributed by atoms with Crippen molar-refractivity contribution in [3.63, 3.8) is 0 Å². The van der Waals surface area contributed by atoms with E-state index in [1.54, 1.807) is 15.9 Å². The Balaban J connectivity index is 1.66. The van der Waals surface area contributed by atoms with Crippen molar-refractivity contribution in [1.82, 2.24) is 20.1 Å². The van der Waals surface area contributed by atoms with Crippen LogP contribution in [-0.4, -0.2) is 26.7 Å². The van der Waals surface area contributed by atoms with Gasteiger partial charge in [-0.25, -0.2) is 0 Å². The summed E-state index contributed by atoms with van der Waals surface area (Å²) in [7, 11) is 0. The van der Waals surface area contributed by atoms with Crippen molar-refractivity contribution in [3.05, 3.63) is 22.3 Å². The maximum absolute atomic E-state index is 12.4. The quantitative estimate of drug-likeness (QED) is 0.822. The number of aromatic nitrogens is 3. The summed E-state index contributed by atoms with van der Waals surface area (Å²) in [5, 5.41) is 12.2. The SMILES string of the molecule is O=C(Cn1c(-c2cccs2)n[nH]c1=S)NC1CCCCCCC1. The lowest BCUT2D eigenvalue weighted by Crippen LogP contribution is -2.37. The number of thiophene rings is 1. The Hall–Kier alpha value is -1.47. The third-order valence-corrected chi connectivity index (χ3v) is 5.45. The van der Waals surface area contributed by atoms with Gasteiger partial charge in [0.15, 0.2) is 10.6 Å². The minimum absolute atomic E-state index is 0.0193. The summed E-state index contributed by atoms with van der Waals surface area (Å²) in [6.07, 6.45) is 8.46. The number of hydrogen-bond donors (Lipinski definition) is 2. The van der Waals surface area contributed by atoms with Gasteiger partial charge in [-0.2, -0.15) is 5.10 Å². The molecule has 0 aromatic carbocycles. The van der Waals surface area contributed by atoms with Crippen molar-refractivity contribution in [3.8, 4) is 10.7 Å². The normalized spacial score (nSPS) is 16.7. The molecule has 0 aliphatic heterocycles. The highest BCUT2D eigenvalue weighted by atomic mass is 32.1. The molecule has 1 aliphatic carbocycles. The third kappa shape index (κ3) is 4.29. The van der Waals surface area contributed by atoms with Gasteiger partial charge in [-0.3, -0.25) is 14.5 Å². The second kappa shape index (κ2) is 7.88. The van der Waals surface area contributed by atoms with Crippen LogP contribution in [0.5, 0.6) is 0 Å². The number of nitrogens with one attached hydrogen (secondary N) is 2. The molecule has 0 radical (unpaired) electrons. The number of amides is 1. The van der Waals surface area contributed by atoms with Crippen LogP contribution >= 0.6 is 23.6 Å². The lowest BCUT2D eigenvalue weighted by molar-refractivity contribution is -0.122. The predicted molar refractivity (Wildman–Crippen MR) is 95.0 cm³/mol. The van der Waals surface area contributed by atoms with Gasteiger partial charge in [0, 0.05) is 6.04 Å². The predicted octanol–water partition coefficient (Wildman–Crippen LogP) is 3.90. The second-order valence-electron chi connectivity index (χ2n) is 6.03. The Labute approximate surface area is 145 Å². The lowest BCUT2D eigenvalue weighted by atomic mass is 9.97. The van der Waals surface area contributed by atoms with Gasteiger partial charge < -0.3 is 5.32 Å². The van der Waals surface area contributed by atoms with E-state index in [0.717, 1.165) is 23.5 Å². The molecule has 0 bridgehead atoms. The maximum Gasteiger partial charge on any atom is 0.240 e. The zero-order chi connectivity index (χ0) is 16.1. The number of rotatable bonds is 4. The number of aromatic amines is 1. The van der Waals surface area contributed by atoms with Crippen LogP contribution in [0.3, 0.4) is 0 Å². The van der Waals surface area contributed by atoms with Gasteiger partial charge in [-0.05, 0) is 36.5 Å². The number of carbonyl (C=O) groups is 1. The highest BCUT2D eigenvalue weighted by Gasteiger charge is 2.17. The van der Waals surface area contributed by atoms with Crippen molar-refractivity contribution >= 4 is 29.5 Å². The molecule has 0 atom stereocenters. The van der Waals surface area contributed by atoms with E-state index < -0.39 is 0 Å². The van der Waals surface area contributed by atoms with Gasteiger partial charge in [0.25, 0.3) is 0 Å². The standard InChI is InChI=1S/C16H22N4OS2/c21-14(17-12-7-4-2-1-3-5-8-12)11-20-15(18-19-16(20)22)13-9-6-10-23-13/h6,9-10,12H,1-5,7-8,11H2,(H,17,21)(H,19,22). The fourth-order valence-corrected chi connectivity index (χ4v) is 3.99. The smallest absolute Gasteiger partial charge is 0.240 e. The summed E-state index contributed by atoms with van der Waals surface area (Å²) in [5.74, 6) is 0.753. The lowest BCUT2D eigenvalue weighted by Gasteiger charge is -2.21. The molecule has 124 valence electrons. The summed E-state index contributed by atoms with van der Waals surface area (Å²) >= 11 is 6.87. The van der Waals surface area contributed by atoms with Gasteiger partial charge >= 0.3 is 0 Å². The molecule has 2 heterocycles. The largest absolute Gasteiger partial charge is 0.352 e. The first-order chi connectivity index (χ1) is 11.2. The van der Waals surface area contributed by atoms with Gasteiger partial charge in [0.1, 0.15) is 6.54 Å². The number of H-pyrrole nitrogens is 1. The summed E-state index contributed by atoms with van der Waals surface area (Å²) in [5.41, 5.74) is 0. The minimum atomic E-state index is 0.0193. The van der Waals surface area contributed by atoms with Crippen LogP contribution in [-0.2, 0) is 11.3 Å². The summed E-state index contributed by atoms with van der Waals surface area (Å²) in [4.78, 5) is 13.4. The summed E-state index contributed by atoms with van der Waals surface area (Å²) in [6, 6.07) is 4.25. The number of carbonyl (C=O) groups excluding carboxylic acids is 1. The molecule has 1 aliphatic rings. The average Bonchev–Trinajstić information content (AvgIpc) is 3.13. The Morgan fingerprint density at radius 1 is 1.35 bits per heavy atom. The van der Waals surface area contributed by atoms with Crippen LogP contribution in [0, 0.1) is 4.77 Å². The van der Waals surface area contributed by atoms with Crippen molar-refractivity contribution < 1.29 is 4.79 Å². The first-order valence-electron chi connectivity index (χ1n) is 8.22. The molecule has 23 heavy (non-hydrogen) atoms. The molecule has 0 spiro atoms. The van der Waals surface area contributed by atoms with Gasteiger partial charge in [-0.15, -0.1) is 11.3 Å². The van der Waals surface area contributed by atoms with Crippen molar-refractivity contribution in [1.29, 1.82) is 0 Å². The molecule has 7 heteroatoms. The molecule has 5 nitrogen and oxygen atoms in total. The highest BCUT2D eigenvalue weighted by Crippen LogP contribution is 2.22. The van der Waals surface area contributed by atoms with E-state index >= 15 is 0 Å². The first kappa shape index (κ1) is 16.4. The van der Waals surface area contributed by atoms with Crippen molar-refractivity contribution in [2.24, 2.45) is 0 Å². The molecular formula is C16H22N4OS2. The molecule has 2 N–H and O–H groups in total. The van der Waals surface area contributed by atoms with E-state index in [2.05, 4.69) is 15.5 Å². The van der Waals surface area contributed by atoms with Crippen LogP contribution in [0.15, 0.2) is 17.5 Å². The fraction of sp³-hybridized carbons (Fsp3) is 0.562. The third-order valence-electron chi connectivity index (χ3n) is 4.27. The molecule has 1 fully saturated rings. The molecule has 0 saturated heterocycles. The zero-order valence-corrected chi connectivity index (χ0v) is 14.7. The highest BCUT2D eigenvalue weighted by molar-refractivity contribution is 7.71. The van der Waals surface area contributed by atoms with Gasteiger partial charge in [0.2, 0.25) is 5.91 Å². The van der Waals surface area contributed by atoms with Crippen LogP contribution in [0.2, 0.25) is 0 Å². The monoisotopic (exact) mass is 350 g/mol. The topological polar surface area (TPSA) is 62.7 Å².